The third-order valence-electron chi connectivity index (χ3n) is 2.59. The van der Waals surface area contributed by atoms with Crippen molar-refractivity contribution in [3.63, 3.8) is 0 Å². The normalized spacial score (nSPS) is 11.9. The molecule has 0 bridgehead atoms. The van der Waals surface area contributed by atoms with Gasteiger partial charge in [0.25, 0.3) is 0 Å². The number of aliphatic hydroxyl groups excluding tert-OH is 1. The van der Waals surface area contributed by atoms with Crippen LogP contribution in [0.5, 0.6) is 0 Å². The Kier molecular flexibility index (Phi) is 17.4. The standard InChI is InChI=1S/C14H26N2O4.Na/c1-2-3-4-5-6-8-13(18)15-12-16(9-7-10-17)11-14(19)20;/h4-5,17H,2-3,6-12H2,1H3,(H,15,18)(H,19,20);/q;+1/p-1/b5-4+;. The molecule has 0 saturated carbocycles. The van der Waals surface area contributed by atoms with Gasteiger partial charge in [0.1, 0.15) is 0 Å². The van der Waals surface area contributed by atoms with Crippen LogP contribution in [-0.4, -0.2) is 53.3 Å². The monoisotopic (exact) mass is 308 g/mol. The van der Waals surface area contributed by atoms with Crippen LogP contribution in [0.25, 0.3) is 0 Å². The van der Waals surface area contributed by atoms with Gasteiger partial charge in [0.05, 0.1) is 13.2 Å². The first-order valence-corrected chi connectivity index (χ1v) is 7.00. The van der Waals surface area contributed by atoms with Gasteiger partial charge in [0.15, 0.2) is 0 Å². The zero-order valence-corrected chi connectivity index (χ0v) is 15.1. The maximum absolute atomic E-state index is 11.5. The third kappa shape index (κ3) is 15.8. The van der Waals surface area contributed by atoms with Crippen molar-refractivity contribution in [2.45, 2.75) is 39.0 Å². The zero-order chi connectivity index (χ0) is 15.2. The molecule has 21 heavy (non-hydrogen) atoms. The Morgan fingerprint density at radius 1 is 1.33 bits per heavy atom. The molecule has 0 heterocycles. The van der Waals surface area contributed by atoms with E-state index in [0.717, 1.165) is 12.8 Å². The van der Waals surface area contributed by atoms with Crippen LogP contribution < -0.4 is 34.7 Å². The number of hydrogen-bond acceptors (Lipinski definition) is 5. The van der Waals surface area contributed by atoms with Crippen molar-refractivity contribution in [3.8, 4) is 0 Å². The summed E-state index contributed by atoms with van der Waals surface area (Å²) in [6.07, 6.45) is 7.60. The molecule has 0 aliphatic carbocycles. The summed E-state index contributed by atoms with van der Waals surface area (Å²) >= 11 is 0. The fourth-order valence-electron chi connectivity index (χ4n) is 1.55. The number of rotatable bonds is 12. The van der Waals surface area contributed by atoms with Gasteiger partial charge in [-0.05, 0) is 31.6 Å². The fourth-order valence-corrected chi connectivity index (χ4v) is 1.55. The van der Waals surface area contributed by atoms with Gasteiger partial charge in [0.2, 0.25) is 0 Å². The average molecular weight is 308 g/mol. The molecule has 0 saturated heterocycles. The van der Waals surface area contributed by atoms with Crippen molar-refractivity contribution < 1.29 is 49.7 Å². The van der Waals surface area contributed by atoms with E-state index < -0.39 is 5.97 Å². The van der Waals surface area contributed by atoms with Crippen molar-refractivity contribution >= 4 is 11.9 Å². The molecule has 0 aromatic carbocycles. The van der Waals surface area contributed by atoms with Crippen molar-refractivity contribution in [2.24, 2.45) is 4.99 Å². The minimum atomic E-state index is -0.965. The van der Waals surface area contributed by atoms with Gasteiger partial charge in [-0.3, -0.25) is 14.7 Å². The van der Waals surface area contributed by atoms with Crippen LogP contribution in [0.15, 0.2) is 17.1 Å². The van der Waals surface area contributed by atoms with Crippen molar-refractivity contribution in [3.05, 3.63) is 12.2 Å². The van der Waals surface area contributed by atoms with Crippen molar-refractivity contribution in [2.75, 3.05) is 26.4 Å². The number of aliphatic imine (C=N–C) groups is 1. The molecular weight excluding hydrogens is 283 g/mol. The van der Waals surface area contributed by atoms with Crippen LogP contribution in [0.4, 0.5) is 0 Å². The van der Waals surface area contributed by atoms with Gasteiger partial charge in [0, 0.05) is 13.2 Å². The number of carboxylic acids is 1. The summed E-state index contributed by atoms with van der Waals surface area (Å²) in [7, 11) is 0. The van der Waals surface area contributed by atoms with Crippen LogP contribution in [0.1, 0.15) is 39.0 Å². The Balaban J connectivity index is 0. The van der Waals surface area contributed by atoms with Crippen LogP contribution in [-0.2, 0) is 4.79 Å². The minimum Gasteiger partial charge on any atom is -0.862 e. The van der Waals surface area contributed by atoms with E-state index in [9.17, 15) is 9.90 Å². The van der Waals surface area contributed by atoms with E-state index in [2.05, 4.69) is 11.9 Å². The molecule has 7 heteroatoms. The summed E-state index contributed by atoms with van der Waals surface area (Å²) in [6, 6.07) is 0. The SMILES string of the molecule is CCC/C=C/CCC([O-])=NCN(CCCO)CC(=O)O.[Na+]. The molecule has 0 aromatic rings. The van der Waals surface area contributed by atoms with Gasteiger partial charge < -0.3 is 15.3 Å². The van der Waals surface area contributed by atoms with E-state index >= 15 is 0 Å². The topological polar surface area (TPSA) is 96.2 Å². The number of aliphatic carboxylic acids is 1. The molecule has 0 aliphatic heterocycles. The number of unbranched alkanes of at least 4 members (excludes halogenated alkanes) is 1. The first kappa shape index (κ1) is 22.9. The molecule has 0 aliphatic rings. The second-order valence-corrected chi connectivity index (χ2v) is 4.52. The molecular formula is C14H25N2NaO4. The molecule has 0 rings (SSSR count). The van der Waals surface area contributed by atoms with Crippen LogP contribution >= 0.6 is 0 Å². The second kappa shape index (κ2) is 16.0. The number of allylic oxidation sites excluding steroid dienone is 2. The number of hydrogen-bond donors (Lipinski definition) is 2. The summed E-state index contributed by atoms with van der Waals surface area (Å²) < 4.78 is 0. The van der Waals surface area contributed by atoms with E-state index in [-0.39, 0.29) is 55.3 Å². The molecule has 2 N–H and O–H groups in total. The predicted molar refractivity (Wildman–Crippen MR) is 76.5 cm³/mol. The summed E-state index contributed by atoms with van der Waals surface area (Å²) in [5, 5.41) is 29.0. The Labute approximate surface area is 148 Å². The van der Waals surface area contributed by atoms with E-state index in [4.69, 9.17) is 10.2 Å². The Hall–Kier alpha value is -0.400. The molecule has 0 amide bonds. The third-order valence-corrected chi connectivity index (χ3v) is 2.59. The van der Waals surface area contributed by atoms with Crippen LogP contribution in [0.2, 0.25) is 0 Å². The number of aliphatic hydroxyl groups is 1. The first-order valence-electron chi connectivity index (χ1n) is 7.00. The average Bonchev–Trinajstić information content (AvgIpc) is 2.41. The van der Waals surface area contributed by atoms with Gasteiger partial charge in [-0.25, -0.2) is 0 Å². The largest absolute Gasteiger partial charge is 1.00 e. The Bertz CT molecular complexity index is 322. The van der Waals surface area contributed by atoms with E-state index in [0.29, 0.717) is 25.8 Å². The van der Waals surface area contributed by atoms with E-state index in [1.54, 1.807) is 0 Å². The summed E-state index contributed by atoms with van der Waals surface area (Å²) in [5.41, 5.74) is 0. The molecule has 0 aromatic heterocycles. The quantitative estimate of drug-likeness (QED) is 0.182. The smallest absolute Gasteiger partial charge is 0.862 e. The maximum Gasteiger partial charge on any atom is 1.00 e. The van der Waals surface area contributed by atoms with E-state index in [1.807, 2.05) is 12.2 Å². The summed E-state index contributed by atoms with van der Waals surface area (Å²) in [4.78, 5) is 16.0. The molecule has 0 fully saturated rings. The minimum absolute atomic E-state index is 0. The summed E-state index contributed by atoms with van der Waals surface area (Å²) in [5.74, 6) is -1.18. The van der Waals surface area contributed by atoms with Gasteiger partial charge in [-0.2, -0.15) is 0 Å². The number of carboxylic acid groups (broad SMARTS) is 1. The molecule has 0 atom stereocenters. The molecule has 116 valence electrons. The van der Waals surface area contributed by atoms with Gasteiger partial charge >= 0.3 is 35.5 Å². The van der Waals surface area contributed by atoms with Crippen molar-refractivity contribution in [1.29, 1.82) is 0 Å². The van der Waals surface area contributed by atoms with Gasteiger partial charge in [-0.1, -0.05) is 25.5 Å². The first-order chi connectivity index (χ1) is 9.60. The summed E-state index contributed by atoms with van der Waals surface area (Å²) in [6.45, 7) is 2.40. The molecule has 0 unspecified atom stereocenters. The number of carbonyl (C=O) groups is 1. The molecule has 6 nitrogen and oxygen atoms in total. The molecule has 0 radical (unpaired) electrons. The predicted octanol–water partition coefficient (Wildman–Crippen LogP) is -2.39. The Morgan fingerprint density at radius 2 is 2.00 bits per heavy atom. The number of nitrogens with zero attached hydrogens (tertiary/aromatic N) is 2. The Morgan fingerprint density at radius 3 is 2.57 bits per heavy atom. The van der Waals surface area contributed by atoms with Gasteiger partial charge in [-0.15, -0.1) is 0 Å². The molecule has 0 spiro atoms. The fraction of sp³-hybridized carbons (Fsp3) is 0.714. The van der Waals surface area contributed by atoms with Crippen LogP contribution in [0, 0.1) is 0 Å². The van der Waals surface area contributed by atoms with Crippen LogP contribution in [0.3, 0.4) is 0 Å². The zero-order valence-electron chi connectivity index (χ0n) is 13.1. The second-order valence-electron chi connectivity index (χ2n) is 4.52. The van der Waals surface area contributed by atoms with Crippen molar-refractivity contribution in [1.82, 2.24) is 4.90 Å². The van der Waals surface area contributed by atoms with E-state index in [1.165, 1.54) is 4.90 Å². The maximum atomic E-state index is 11.5.